The van der Waals surface area contributed by atoms with Crippen LogP contribution in [-0.2, 0) is 11.3 Å². The molecule has 1 amide bonds. The van der Waals surface area contributed by atoms with Gasteiger partial charge in [0.15, 0.2) is 5.65 Å². The predicted molar refractivity (Wildman–Crippen MR) is 116 cm³/mol. The van der Waals surface area contributed by atoms with E-state index in [0.717, 1.165) is 41.9 Å². The molecule has 0 spiro atoms. The molecule has 1 aliphatic heterocycles. The van der Waals surface area contributed by atoms with Crippen LogP contribution in [0.4, 0.5) is 0 Å². The summed E-state index contributed by atoms with van der Waals surface area (Å²) in [5, 5.41) is 9.85. The molecule has 6 nitrogen and oxygen atoms in total. The van der Waals surface area contributed by atoms with Crippen molar-refractivity contribution in [3.63, 3.8) is 0 Å². The van der Waals surface area contributed by atoms with Crippen LogP contribution in [0, 0.1) is 0 Å². The molecule has 4 aromatic rings. The highest BCUT2D eigenvalue weighted by Crippen LogP contribution is 2.27. The zero-order valence-corrected chi connectivity index (χ0v) is 17.6. The number of hydrogen-bond acceptors (Lipinski definition) is 3. The van der Waals surface area contributed by atoms with Crippen LogP contribution in [0.2, 0.25) is 0 Å². The summed E-state index contributed by atoms with van der Waals surface area (Å²) >= 11 is 3.51. The highest BCUT2D eigenvalue weighted by molar-refractivity contribution is 9.10. The number of aryl methyl sites for hydroxylation is 1. The maximum atomic E-state index is 12.8. The number of halogens is 1. The zero-order chi connectivity index (χ0) is 19.8. The topological polar surface area (TPSA) is 55.4 Å². The van der Waals surface area contributed by atoms with E-state index in [2.05, 4.69) is 59.5 Å². The van der Waals surface area contributed by atoms with E-state index >= 15 is 0 Å². The lowest BCUT2D eigenvalue weighted by atomic mass is 9.95. The Morgan fingerprint density at radius 2 is 1.93 bits per heavy atom. The normalized spacial score (nSPS) is 15.4. The van der Waals surface area contributed by atoms with Gasteiger partial charge in [-0.1, -0.05) is 22.0 Å². The summed E-state index contributed by atoms with van der Waals surface area (Å²) in [4.78, 5) is 14.8. The molecule has 3 aromatic heterocycles. The van der Waals surface area contributed by atoms with E-state index in [1.54, 1.807) is 0 Å². The Morgan fingerprint density at radius 1 is 1.07 bits per heavy atom. The van der Waals surface area contributed by atoms with E-state index in [-0.39, 0.29) is 5.91 Å². The van der Waals surface area contributed by atoms with Gasteiger partial charge in [0.2, 0.25) is 5.91 Å². The van der Waals surface area contributed by atoms with E-state index in [4.69, 9.17) is 0 Å². The fourth-order valence-electron chi connectivity index (χ4n) is 4.27. The van der Waals surface area contributed by atoms with Gasteiger partial charge in [0.25, 0.3) is 0 Å². The van der Waals surface area contributed by atoms with Crippen LogP contribution in [-0.4, -0.2) is 43.1 Å². The molecule has 0 saturated carbocycles. The molecule has 0 bridgehead atoms. The fraction of sp³-hybridized carbons (Fsp3) is 0.318. The third-order valence-corrected chi connectivity index (χ3v) is 6.35. The highest BCUT2D eigenvalue weighted by Gasteiger charge is 2.26. The Hall–Kier alpha value is -2.67. The molecule has 0 aliphatic carbocycles. The van der Waals surface area contributed by atoms with Crippen LogP contribution in [0.3, 0.4) is 0 Å². The summed E-state index contributed by atoms with van der Waals surface area (Å²) in [6, 6.07) is 14.3. The van der Waals surface area contributed by atoms with Crippen LogP contribution in [0.15, 0.2) is 59.3 Å². The second-order valence-electron chi connectivity index (χ2n) is 7.60. The lowest BCUT2D eigenvalue weighted by molar-refractivity contribution is -0.132. The molecule has 7 heteroatoms. The van der Waals surface area contributed by atoms with Crippen molar-refractivity contribution in [3.8, 4) is 0 Å². The number of aromatic nitrogens is 4. The van der Waals surface area contributed by atoms with Gasteiger partial charge in [-0.25, -0.2) is 0 Å². The minimum absolute atomic E-state index is 0.230. The summed E-state index contributed by atoms with van der Waals surface area (Å²) < 4.78 is 5.30. The van der Waals surface area contributed by atoms with Gasteiger partial charge in [0.1, 0.15) is 5.82 Å². The van der Waals surface area contributed by atoms with Gasteiger partial charge in [-0.3, -0.25) is 9.20 Å². The predicted octanol–water partition coefficient (Wildman–Crippen LogP) is 4.24. The molecule has 29 heavy (non-hydrogen) atoms. The quantitative estimate of drug-likeness (QED) is 0.466. The lowest BCUT2D eigenvalue weighted by Crippen LogP contribution is -2.38. The fourth-order valence-corrected chi connectivity index (χ4v) is 4.64. The van der Waals surface area contributed by atoms with Crippen molar-refractivity contribution < 1.29 is 4.79 Å². The maximum Gasteiger partial charge on any atom is 0.224 e. The van der Waals surface area contributed by atoms with E-state index in [1.807, 2.05) is 35.4 Å². The first-order chi connectivity index (χ1) is 14.2. The molecule has 148 valence electrons. The Balaban J connectivity index is 1.20. The van der Waals surface area contributed by atoms with Crippen LogP contribution in [0.5, 0.6) is 0 Å². The molecule has 0 N–H and O–H groups in total. The maximum absolute atomic E-state index is 12.8. The Morgan fingerprint density at radius 3 is 2.79 bits per heavy atom. The first-order valence-corrected chi connectivity index (χ1v) is 10.8. The number of nitrogens with zero attached hydrogens (tertiary/aromatic N) is 5. The Kier molecular flexibility index (Phi) is 4.83. The van der Waals surface area contributed by atoms with Gasteiger partial charge >= 0.3 is 0 Å². The zero-order valence-electron chi connectivity index (χ0n) is 16.0. The number of fused-ring (bicyclic) bond motifs is 2. The molecular formula is C22H22BrN5O. The van der Waals surface area contributed by atoms with Gasteiger partial charge in [-0.2, -0.15) is 0 Å². The molecule has 4 heterocycles. The van der Waals surface area contributed by atoms with E-state index in [0.29, 0.717) is 18.9 Å². The van der Waals surface area contributed by atoms with Crippen molar-refractivity contribution >= 4 is 38.4 Å². The number of piperidine rings is 1. The average molecular weight is 452 g/mol. The van der Waals surface area contributed by atoms with Gasteiger partial charge in [-0.05, 0) is 49.2 Å². The summed E-state index contributed by atoms with van der Waals surface area (Å²) in [6.07, 6.45) is 6.47. The molecule has 1 aliphatic rings. The van der Waals surface area contributed by atoms with Gasteiger partial charge < -0.3 is 9.47 Å². The largest absolute Gasteiger partial charge is 0.347 e. The van der Waals surface area contributed by atoms with Crippen LogP contribution in [0.25, 0.3) is 16.6 Å². The van der Waals surface area contributed by atoms with Crippen molar-refractivity contribution in [1.82, 2.24) is 24.1 Å². The van der Waals surface area contributed by atoms with Crippen molar-refractivity contribution in [2.45, 2.75) is 31.7 Å². The highest BCUT2D eigenvalue weighted by atomic mass is 79.9. The summed E-state index contributed by atoms with van der Waals surface area (Å²) in [6.45, 7) is 2.27. The first kappa shape index (κ1) is 18.4. The molecule has 0 radical (unpaired) electrons. The number of carbonyl (C=O) groups is 1. The molecule has 1 aromatic carbocycles. The summed E-state index contributed by atoms with van der Waals surface area (Å²) in [5.74, 6) is 1.59. The number of likely N-dealkylation sites (tertiary alicyclic amines) is 1. The van der Waals surface area contributed by atoms with Crippen LogP contribution >= 0.6 is 15.9 Å². The Bertz CT molecular complexity index is 1170. The third-order valence-electron chi connectivity index (χ3n) is 5.85. The van der Waals surface area contributed by atoms with Crippen molar-refractivity contribution in [2.75, 3.05) is 13.1 Å². The summed E-state index contributed by atoms with van der Waals surface area (Å²) in [7, 11) is 0. The minimum Gasteiger partial charge on any atom is -0.347 e. The molecule has 0 atom stereocenters. The number of benzene rings is 1. The lowest BCUT2D eigenvalue weighted by Gasteiger charge is -2.31. The molecule has 5 rings (SSSR count). The monoisotopic (exact) mass is 451 g/mol. The smallest absolute Gasteiger partial charge is 0.224 e. The van der Waals surface area contributed by atoms with Gasteiger partial charge in [0, 0.05) is 59.7 Å². The second-order valence-corrected chi connectivity index (χ2v) is 8.52. The first-order valence-electron chi connectivity index (χ1n) is 10.0. The SMILES string of the molecule is O=C(CCn1ccc2cc(Br)ccc21)N1CCC(c2nnc3ccccn23)CC1. The number of hydrogen-bond donors (Lipinski definition) is 0. The van der Waals surface area contributed by atoms with Crippen molar-refractivity contribution in [2.24, 2.45) is 0 Å². The molecule has 1 saturated heterocycles. The Labute approximate surface area is 177 Å². The minimum atomic E-state index is 0.230. The van der Waals surface area contributed by atoms with Crippen molar-refractivity contribution in [3.05, 3.63) is 65.2 Å². The van der Waals surface area contributed by atoms with Crippen LogP contribution in [0.1, 0.15) is 31.0 Å². The molecule has 0 unspecified atom stereocenters. The molecular weight excluding hydrogens is 430 g/mol. The molecule has 1 fully saturated rings. The number of rotatable bonds is 4. The van der Waals surface area contributed by atoms with Crippen LogP contribution < -0.4 is 0 Å². The van der Waals surface area contributed by atoms with Crippen molar-refractivity contribution in [1.29, 1.82) is 0 Å². The van der Waals surface area contributed by atoms with E-state index in [1.165, 1.54) is 10.9 Å². The van der Waals surface area contributed by atoms with Gasteiger partial charge in [-0.15, -0.1) is 10.2 Å². The third kappa shape index (κ3) is 3.55. The van der Waals surface area contributed by atoms with Gasteiger partial charge in [0.05, 0.1) is 0 Å². The number of amides is 1. The standard InChI is InChI=1S/C22H22BrN5O/c23-18-4-5-19-17(15-18)8-11-26(19)14-9-21(29)27-12-6-16(7-13-27)22-25-24-20-3-1-2-10-28(20)22/h1-5,8,10-11,15-16H,6-7,9,12-14H2. The number of carbonyl (C=O) groups excluding carboxylic acids is 1. The number of pyridine rings is 1. The van der Waals surface area contributed by atoms with E-state index in [9.17, 15) is 4.79 Å². The second kappa shape index (κ2) is 7.63. The average Bonchev–Trinajstić information content (AvgIpc) is 3.36. The van der Waals surface area contributed by atoms with E-state index < -0.39 is 0 Å². The summed E-state index contributed by atoms with van der Waals surface area (Å²) in [5.41, 5.74) is 2.05.